The summed E-state index contributed by atoms with van der Waals surface area (Å²) >= 11 is 0. The summed E-state index contributed by atoms with van der Waals surface area (Å²) in [7, 11) is 0. The van der Waals surface area contributed by atoms with Crippen molar-refractivity contribution in [3.05, 3.63) is 0 Å². The smallest absolute Gasteiger partial charge is 0.311 e. The molecular weight excluding hydrogens is 236 g/mol. The zero-order valence-electron chi connectivity index (χ0n) is 13.0. The highest BCUT2D eigenvalue weighted by molar-refractivity contribution is 5.76. The van der Waals surface area contributed by atoms with Crippen molar-refractivity contribution < 1.29 is 9.53 Å². The van der Waals surface area contributed by atoms with Gasteiger partial charge in [-0.25, -0.2) is 0 Å². The van der Waals surface area contributed by atoms with Crippen molar-refractivity contribution >= 4 is 5.97 Å². The molecule has 0 aromatic carbocycles. The first-order chi connectivity index (χ1) is 8.97. The van der Waals surface area contributed by atoms with E-state index in [0.29, 0.717) is 5.41 Å². The van der Waals surface area contributed by atoms with Crippen LogP contribution in [0.2, 0.25) is 0 Å². The molecule has 2 heteroatoms. The molecule has 2 fully saturated rings. The van der Waals surface area contributed by atoms with Gasteiger partial charge in [-0.15, -0.1) is 0 Å². The molecule has 2 aliphatic carbocycles. The fourth-order valence-electron chi connectivity index (χ4n) is 3.70. The monoisotopic (exact) mass is 266 g/mol. The molecule has 1 unspecified atom stereocenters. The first kappa shape index (κ1) is 14.9. The summed E-state index contributed by atoms with van der Waals surface area (Å²) in [5, 5.41) is 0. The molecule has 0 saturated heterocycles. The lowest BCUT2D eigenvalue weighted by atomic mass is 9.64. The summed E-state index contributed by atoms with van der Waals surface area (Å²) in [6.07, 6.45) is 12.7. The van der Waals surface area contributed by atoms with Crippen LogP contribution in [0.25, 0.3) is 0 Å². The highest BCUT2D eigenvalue weighted by atomic mass is 16.5. The van der Waals surface area contributed by atoms with E-state index >= 15 is 0 Å². The number of carbonyl (C=O) groups excluding carboxylic acids is 1. The van der Waals surface area contributed by atoms with Gasteiger partial charge in [0.2, 0.25) is 0 Å². The lowest BCUT2D eigenvalue weighted by molar-refractivity contribution is -0.164. The third-order valence-electron chi connectivity index (χ3n) is 5.52. The van der Waals surface area contributed by atoms with Crippen molar-refractivity contribution in [3.63, 3.8) is 0 Å². The molecule has 0 heterocycles. The number of esters is 1. The van der Waals surface area contributed by atoms with E-state index < -0.39 is 0 Å². The summed E-state index contributed by atoms with van der Waals surface area (Å²) in [5.41, 5.74) is 0.189. The molecule has 2 aliphatic rings. The Bertz CT molecular complexity index is 308. The minimum Gasteiger partial charge on any atom is -0.462 e. The number of hydrogen-bond donors (Lipinski definition) is 0. The van der Waals surface area contributed by atoms with E-state index in [1.807, 2.05) is 13.8 Å². The molecule has 0 radical (unpaired) electrons. The summed E-state index contributed by atoms with van der Waals surface area (Å²) in [4.78, 5) is 12.2. The van der Waals surface area contributed by atoms with Crippen molar-refractivity contribution in [2.75, 3.05) is 0 Å². The van der Waals surface area contributed by atoms with E-state index in [9.17, 15) is 4.79 Å². The van der Waals surface area contributed by atoms with Gasteiger partial charge in [0.25, 0.3) is 0 Å². The van der Waals surface area contributed by atoms with Crippen molar-refractivity contribution in [2.24, 2.45) is 10.8 Å². The number of carbonyl (C=O) groups is 1. The first-order valence-corrected chi connectivity index (χ1v) is 8.19. The average molecular weight is 266 g/mol. The third-order valence-corrected chi connectivity index (χ3v) is 5.52. The molecule has 0 N–H and O–H groups in total. The number of rotatable bonds is 3. The molecule has 0 aliphatic heterocycles. The predicted molar refractivity (Wildman–Crippen MR) is 77.9 cm³/mol. The standard InChI is InChI=1S/C17H30O2/c1-4-16(2,3)15(18)19-14-9-8-12-17(13-14)10-6-5-7-11-17/h14H,4-13H2,1-3H3. The predicted octanol–water partition coefficient (Wildman–Crippen LogP) is 4.86. The van der Waals surface area contributed by atoms with Gasteiger partial charge in [-0.2, -0.15) is 0 Å². The summed E-state index contributed by atoms with van der Waals surface area (Å²) in [5.74, 6) is 0.00728. The van der Waals surface area contributed by atoms with Crippen molar-refractivity contribution in [1.82, 2.24) is 0 Å². The summed E-state index contributed by atoms with van der Waals surface area (Å²) in [6, 6.07) is 0. The Labute approximate surface area is 118 Å². The van der Waals surface area contributed by atoms with Gasteiger partial charge < -0.3 is 4.74 Å². The van der Waals surface area contributed by atoms with Crippen LogP contribution in [-0.2, 0) is 9.53 Å². The second kappa shape index (κ2) is 5.85. The van der Waals surface area contributed by atoms with Crippen molar-refractivity contribution in [2.45, 2.75) is 91.1 Å². The fraction of sp³-hybridized carbons (Fsp3) is 0.941. The molecule has 0 amide bonds. The quantitative estimate of drug-likeness (QED) is 0.682. The zero-order chi connectivity index (χ0) is 13.9. The Balaban J connectivity index is 1.92. The lowest BCUT2D eigenvalue weighted by Gasteiger charge is -2.43. The van der Waals surface area contributed by atoms with Crippen LogP contribution in [0.5, 0.6) is 0 Å². The molecule has 1 spiro atoms. The largest absolute Gasteiger partial charge is 0.462 e. The van der Waals surface area contributed by atoms with Crippen LogP contribution in [0.3, 0.4) is 0 Å². The Morgan fingerprint density at radius 3 is 2.42 bits per heavy atom. The Kier molecular flexibility index (Phi) is 4.58. The van der Waals surface area contributed by atoms with E-state index in [2.05, 4.69) is 6.92 Å². The van der Waals surface area contributed by atoms with Gasteiger partial charge in [0.15, 0.2) is 0 Å². The molecule has 0 aromatic rings. The second-order valence-corrected chi connectivity index (χ2v) is 7.42. The van der Waals surface area contributed by atoms with Gasteiger partial charge in [0, 0.05) is 0 Å². The van der Waals surface area contributed by atoms with Crippen LogP contribution >= 0.6 is 0 Å². The third kappa shape index (κ3) is 3.52. The van der Waals surface area contributed by atoms with Crippen LogP contribution in [0.1, 0.15) is 85.0 Å². The van der Waals surface area contributed by atoms with E-state index in [0.717, 1.165) is 19.3 Å². The summed E-state index contributed by atoms with van der Waals surface area (Å²) in [6.45, 7) is 6.05. The summed E-state index contributed by atoms with van der Waals surface area (Å²) < 4.78 is 5.84. The topological polar surface area (TPSA) is 26.3 Å². The molecule has 2 saturated carbocycles. The highest BCUT2D eigenvalue weighted by Gasteiger charge is 2.39. The van der Waals surface area contributed by atoms with E-state index in [-0.39, 0.29) is 17.5 Å². The molecule has 2 rings (SSSR count). The second-order valence-electron chi connectivity index (χ2n) is 7.42. The van der Waals surface area contributed by atoms with Gasteiger partial charge in [-0.05, 0) is 64.2 Å². The van der Waals surface area contributed by atoms with Crippen LogP contribution in [0.4, 0.5) is 0 Å². The maximum absolute atomic E-state index is 12.2. The van der Waals surface area contributed by atoms with Crippen LogP contribution in [0.15, 0.2) is 0 Å². The SMILES string of the molecule is CCC(C)(C)C(=O)OC1CCCC2(CCCCC2)C1. The Morgan fingerprint density at radius 1 is 1.16 bits per heavy atom. The van der Waals surface area contributed by atoms with Gasteiger partial charge in [0.05, 0.1) is 5.41 Å². The average Bonchev–Trinajstić information content (AvgIpc) is 2.39. The van der Waals surface area contributed by atoms with Crippen molar-refractivity contribution in [3.8, 4) is 0 Å². The van der Waals surface area contributed by atoms with E-state index in [1.165, 1.54) is 44.9 Å². The molecule has 2 nitrogen and oxygen atoms in total. The molecule has 19 heavy (non-hydrogen) atoms. The molecule has 0 bridgehead atoms. The van der Waals surface area contributed by atoms with Gasteiger partial charge in [-0.3, -0.25) is 4.79 Å². The maximum atomic E-state index is 12.2. The first-order valence-electron chi connectivity index (χ1n) is 8.19. The normalized spacial score (nSPS) is 27.2. The lowest BCUT2D eigenvalue weighted by Crippen LogP contribution is -2.38. The minimum atomic E-state index is -0.322. The minimum absolute atomic E-state index is 0.00728. The molecule has 110 valence electrons. The fourth-order valence-corrected chi connectivity index (χ4v) is 3.70. The highest BCUT2D eigenvalue weighted by Crippen LogP contribution is 2.48. The maximum Gasteiger partial charge on any atom is 0.311 e. The number of ether oxygens (including phenoxy) is 1. The van der Waals surface area contributed by atoms with Crippen LogP contribution < -0.4 is 0 Å². The molecular formula is C17H30O2. The zero-order valence-corrected chi connectivity index (χ0v) is 13.0. The Hall–Kier alpha value is -0.530. The molecule has 0 aromatic heterocycles. The number of hydrogen-bond acceptors (Lipinski definition) is 2. The van der Waals surface area contributed by atoms with E-state index in [1.54, 1.807) is 0 Å². The van der Waals surface area contributed by atoms with Gasteiger partial charge >= 0.3 is 5.97 Å². The Morgan fingerprint density at radius 2 is 1.79 bits per heavy atom. The molecule has 1 atom stereocenters. The van der Waals surface area contributed by atoms with Crippen LogP contribution in [0, 0.1) is 10.8 Å². The van der Waals surface area contributed by atoms with Crippen molar-refractivity contribution in [1.29, 1.82) is 0 Å². The van der Waals surface area contributed by atoms with Gasteiger partial charge in [-0.1, -0.05) is 26.2 Å². The van der Waals surface area contributed by atoms with E-state index in [4.69, 9.17) is 4.74 Å². The van der Waals surface area contributed by atoms with Gasteiger partial charge in [0.1, 0.15) is 6.10 Å². The van der Waals surface area contributed by atoms with Crippen LogP contribution in [-0.4, -0.2) is 12.1 Å².